The Kier molecular flexibility index (Phi) is 10.3. The van der Waals surface area contributed by atoms with E-state index in [1.54, 1.807) is 20.8 Å². The van der Waals surface area contributed by atoms with Crippen molar-refractivity contribution in [3.63, 3.8) is 0 Å². The molecule has 0 unspecified atom stereocenters. The van der Waals surface area contributed by atoms with Crippen molar-refractivity contribution in [3.05, 3.63) is 35.9 Å². The summed E-state index contributed by atoms with van der Waals surface area (Å²) in [5.41, 5.74) is -8.35. The minimum absolute atomic E-state index is 0.00468. The van der Waals surface area contributed by atoms with Crippen LogP contribution in [0.3, 0.4) is 0 Å². The zero-order valence-corrected chi connectivity index (χ0v) is 31.6. The molecular formula is C32H45F6N3O7SSi. The second-order valence-electron chi connectivity index (χ2n) is 15.8. The Morgan fingerprint density at radius 1 is 1.04 bits per heavy atom. The third-order valence-electron chi connectivity index (χ3n) is 9.23. The molecule has 0 saturated heterocycles. The molecule has 1 aliphatic carbocycles. The molecule has 2 aromatic rings. The monoisotopic (exact) mass is 757 g/mol. The maximum Gasteiger partial charge on any atom is 0.534 e. The zero-order valence-electron chi connectivity index (χ0n) is 29.7. The van der Waals surface area contributed by atoms with Crippen LogP contribution in [0.1, 0.15) is 86.3 Å². The number of hydrogen-bond acceptors (Lipinski definition) is 8. The fraction of sp³-hybridized carbons (Fsp3) is 0.688. The van der Waals surface area contributed by atoms with Gasteiger partial charge in [-0.15, -0.1) is 0 Å². The van der Waals surface area contributed by atoms with E-state index in [1.165, 1.54) is 23.9 Å². The van der Waals surface area contributed by atoms with Gasteiger partial charge in [-0.3, -0.25) is 4.90 Å². The van der Waals surface area contributed by atoms with Crippen molar-refractivity contribution < 1.29 is 57.6 Å². The second kappa shape index (κ2) is 12.9. The number of imidazole rings is 1. The summed E-state index contributed by atoms with van der Waals surface area (Å²) in [6.45, 7) is 18.2. The molecule has 1 amide bonds. The highest BCUT2D eigenvalue weighted by Gasteiger charge is 2.51. The summed E-state index contributed by atoms with van der Waals surface area (Å²) in [6.07, 6.45) is -2.94. The lowest BCUT2D eigenvalue weighted by molar-refractivity contribution is -0.136. The van der Waals surface area contributed by atoms with E-state index in [2.05, 4.69) is 43.0 Å². The molecule has 18 heteroatoms. The van der Waals surface area contributed by atoms with Crippen LogP contribution < -0.4 is 4.74 Å². The highest BCUT2D eigenvalue weighted by molar-refractivity contribution is 7.87. The number of rotatable bonds is 8. The summed E-state index contributed by atoms with van der Waals surface area (Å²) in [7, 11) is -8.18. The number of halogens is 6. The summed E-state index contributed by atoms with van der Waals surface area (Å²) < 4.78 is 130. The van der Waals surface area contributed by atoms with Gasteiger partial charge < -0.3 is 22.6 Å². The Balaban J connectivity index is 1.62. The number of hydrogen-bond donors (Lipinski definition) is 0. The van der Waals surface area contributed by atoms with Crippen LogP contribution >= 0.6 is 0 Å². The van der Waals surface area contributed by atoms with E-state index < -0.39 is 83.8 Å². The van der Waals surface area contributed by atoms with E-state index in [0.29, 0.717) is 12.8 Å². The molecule has 2 atom stereocenters. The molecule has 4 rings (SSSR count). The maximum absolute atomic E-state index is 14.6. The zero-order chi connectivity index (χ0) is 38.0. The fourth-order valence-corrected chi connectivity index (χ4v) is 8.20. The number of aromatic nitrogens is 2. The van der Waals surface area contributed by atoms with Crippen molar-refractivity contribution in [3.8, 4) is 5.75 Å². The number of nitrogens with zero attached hydrogens (tertiary/aromatic N) is 3. The van der Waals surface area contributed by atoms with Gasteiger partial charge in [0.1, 0.15) is 23.7 Å². The van der Waals surface area contributed by atoms with Crippen LogP contribution in [0.2, 0.25) is 18.1 Å². The molecule has 1 aromatic heterocycles. The van der Waals surface area contributed by atoms with Crippen molar-refractivity contribution in [2.45, 2.75) is 134 Å². The van der Waals surface area contributed by atoms with Crippen LogP contribution in [0.5, 0.6) is 5.75 Å². The lowest BCUT2D eigenvalue weighted by atomic mass is 9.77. The van der Waals surface area contributed by atoms with Crippen LogP contribution in [-0.2, 0) is 29.6 Å². The van der Waals surface area contributed by atoms with Crippen LogP contribution in [0.25, 0.3) is 11.0 Å². The molecule has 0 spiro atoms. The largest absolute Gasteiger partial charge is 0.534 e. The summed E-state index contributed by atoms with van der Waals surface area (Å²) in [6, 6.07) is -0.429. The molecule has 1 aromatic carbocycles. The first kappa shape index (κ1) is 39.8. The Morgan fingerprint density at radius 3 is 2.16 bits per heavy atom. The molecule has 1 aliphatic heterocycles. The smallest absolute Gasteiger partial charge is 0.491 e. The third kappa shape index (κ3) is 8.54. The minimum Gasteiger partial charge on any atom is -0.491 e. The molecule has 1 saturated carbocycles. The first-order valence-corrected chi connectivity index (χ1v) is 20.4. The molecule has 2 heterocycles. The number of carbonyl (C=O) groups excluding carboxylic acids is 1. The molecule has 2 aliphatic rings. The average Bonchev–Trinajstić information content (AvgIpc) is 3.29. The van der Waals surface area contributed by atoms with Crippen molar-refractivity contribution in [1.29, 1.82) is 0 Å². The van der Waals surface area contributed by atoms with Crippen molar-refractivity contribution in [2.24, 2.45) is 0 Å². The molecule has 0 radical (unpaired) electrons. The van der Waals surface area contributed by atoms with Crippen LogP contribution in [0.4, 0.5) is 31.1 Å². The molecule has 282 valence electrons. The third-order valence-corrected chi connectivity index (χ3v) is 14.8. The van der Waals surface area contributed by atoms with Gasteiger partial charge in [-0.05, 0) is 77.7 Å². The highest BCUT2D eigenvalue weighted by atomic mass is 32.2. The number of benzene rings is 1. The predicted molar refractivity (Wildman–Crippen MR) is 175 cm³/mol. The van der Waals surface area contributed by atoms with E-state index in [-0.39, 0.29) is 27.9 Å². The first-order valence-electron chi connectivity index (χ1n) is 16.1. The summed E-state index contributed by atoms with van der Waals surface area (Å²) in [5, 5.41) is -0.0477. The van der Waals surface area contributed by atoms with Gasteiger partial charge in [0.2, 0.25) is 0 Å². The van der Waals surface area contributed by atoms with E-state index in [4.69, 9.17) is 13.9 Å². The molecule has 0 bridgehead atoms. The average molecular weight is 758 g/mol. The molecule has 10 nitrogen and oxygen atoms in total. The predicted octanol–water partition coefficient (Wildman–Crippen LogP) is 8.70. The van der Waals surface area contributed by atoms with Crippen LogP contribution in [-0.4, -0.2) is 72.7 Å². The van der Waals surface area contributed by atoms with Gasteiger partial charge in [0.25, 0.3) is 0 Å². The summed E-state index contributed by atoms with van der Waals surface area (Å²) >= 11 is 0. The van der Waals surface area contributed by atoms with E-state index >= 15 is 0 Å². The standard InChI is InChI=1S/C32H45F6N3O7SSi/c1-19-11-23(47-49(43,44)32(36,37)38)12-20(41(19)27(42)46-28(2,3)4)17-45-22-13-24(31(33,34)35)26-25(14-22)39-18-40(26)21-15-30(8,16-21)48-50(9,10)29(5,6)7/h11,13-14,18-21H,12,15-17H2,1-10H3/t19-,20-,21?,30?/m0/s1. The topological polar surface area (TPSA) is 109 Å². The number of fused-ring (bicyclic) bond motifs is 1. The lowest BCUT2D eigenvalue weighted by Crippen LogP contribution is -2.54. The number of amides is 1. The number of carbonyl (C=O) groups is 1. The Morgan fingerprint density at radius 2 is 1.64 bits per heavy atom. The minimum atomic E-state index is -6.03. The van der Waals surface area contributed by atoms with Gasteiger partial charge >= 0.3 is 27.9 Å². The Labute approximate surface area is 289 Å². The van der Waals surface area contributed by atoms with Gasteiger partial charge in [-0.1, -0.05) is 20.8 Å². The summed E-state index contributed by atoms with van der Waals surface area (Å²) in [4.78, 5) is 18.5. The van der Waals surface area contributed by atoms with Crippen molar-refractivity contribution >= 4 is 35.6 Å². The number of alkyl halides is 6. The first-order chi connectivity index (χ1) is 22.4. The van der Waals surface area contributed by atoms with E-state index in [0.717, 1.165) is 17.0 Å². The Bertz CT molecular complexity index is 1740. The van der Waals surface area contributed by atoms with Crippen LogP contribution in [0, 0.1) is 0 Å². The van der Waals surface area contributed by atoms with Gasteiger partial charge in [-0.25, -0.2) is 9.78 Å². The van der Waals surface area contributed by atoms with Gasteiger partial charge in [0.05, 0.1) is 40.6 Å². The van der Waals surface area contributed by atoms with Crippen molar-refractivity contribution in [2.75, 3.05) is 6.61 Å². The SMILES string of the molecule is C[C@H]1C=C(OS(=O)(=O)C(F)(F)F)C[C@@H](COc2cc(C(F)(F)F)c3c(c2)ncn3C2CC(C)(O[Si](C)(C)C(C)(C)C)C2)N1C(=O)OC(C)(C)C. The van der Waals surface area contributed by atoms with Gasteiger partial charge in [0.15, 0.2) is 8.32 Å². The summed E-state index contributed by atoms with van der Waals surface area (Å²) in [5.74, 6) is -0.884. The second-order valence-corrected chi connectivity index (χ2v) is 22.0. The molecule has 50 heavy (non-hydrogen) atoms. The van der Waals surface area contributed by atoms with Gasteiger partial charge in [-0.2, -0.15) is 34.8 Å². The maximum atomic E-state index is 14.6. The molecule has 1 fully saturated rings. The normalized spacial score (nSPS) is 24.1. The fourth-order valence-electron chi connectivity index (χ4n) is 6.00. The molecule has 0 N–H and O–H groups in total. The quantitative estimate of drug-likeness (QED) is 0.114. The van der Waals surface area contributed by atoms with Gasteiger partial charge in [0, 0.05) is 18.5 Å². The van der Waals surface area contributed by atoms with E-state index in [9.17, 15) is 39.6 Å². The number of ether oxygens (including phenoxy) is 2. The van der Waals surface area contributed by atoms with Crippen LogP contribution in [0.15, 0.2) is 30.3 Å². The van der Waals surface area contributed by atoms with E-state index in [1.807, 2.05) is 6.92 Å². The molecular weight excluding hydrogens is 713 g/mol. The lowest BCUT2D eigenvalue weighted by Gasteiger charge is -2.52. The Hall–Kier alpha value is -2.99. The van der Waals surface area contributed by atoms with Crippen molar-refractivity contribution in [1.82, 2.24) is 14.5 Å². The highest BCUT2D eigenvalue weighted by Crippen LogP contribution is 2.51.